The number of hydrogen-bond acceptors (Lipinski definition) is 5. The monoisotopic (exact) mass is 195 g/mol. The molecule has 0 aliphatic carbocycles. The molecular formula is C6H12O5P-. The molecule has 72 valence electrons. The maximum absolute atomic E-state index is 11.5. The Labute approximate surface area is 71.2 Å². The Morgan fingerprint density at radius 1 is 1.50 bits per heavy atom. The molecule has 0 fully saturated rings. The van der Waals surface area contributed by atoms with Crippen molar-refractivity contribution in [3.8, 4) is 0 Å². The van der Waals surface area contributed by atoms with E-state index in [1.807, 2.05) is 0 Å². The van der Waals surface area contributed by atoms with Crippen LogP contribution >= 0.6 is 7.60 Å². The van der Waals surface area contributed by atoms with Crippen LogP contribution in [0.5, 0.6) is 0 Å². The van der Waals surface area contributed by atoms with Crippen LogP contribution in [-0.4, -0.2) is 25.8 Å². The third-order valence-electron chi connectivity index (χ3n) is 1.55. The molecule has 12 heavy (non-hydrogen) atoms. The van der Waals surface area contributed by atoms with Gasteiger partial charge in [0.15, 0.2) is 0 Å². The van der Waals surface area contributed by atoms with E-state index in [1.54, 1.807) is 6.92 Å². The summed E-state index contributed by atoms with van der Waals surface area (Å²) in [6, 6.07) is 0. The first-order valence-electron chi connectivity index (χ1n) is 3.43. The Kier molecular flexibility index (Phi) is 4.45. The first-order valence-corrected chi connectivity index (χ1v) is 5.05. The van der Waals surface area contributed by atoms with Crippen molar-refractivity contribution >= 4 is 13.6 Å². The molecule has 0 radical (unpaired) electrons. The second kappa shape index (κ2) is 4.60. The van der Waals surface area contributed by atoms with Crippen molar-refractivity contribution in [2.45, 2.75) is 19.0 Å². The number of carboxylic acids is 1. The average Bonchev–Trinajstić information content (AvgIpc) is 2.04. The van der Waals surface area contributed by atoms with Gasteiger partial charge in [0.25, 0.3) is 0 Å². The lowest BCUT2D eigenvalue weighted by Gasteiger charge is -2.23. The highest BCUT2D eigenvalue weighted by Crippen LogP contribution is 2.52. The van der Waals surface area contributed by atoms with Gasteiger partial charge < -0.3 is 18.9 Å². The van der Waals surface area contributed by atoms with Crippen LogP contribution in [0, 0.1) is 0 Å². The molecule has 0 aliphatic heterocycles. The minimum atomic E-state index is -3.51. The first kappa shape index (κ1) is 11.6. The van der Waals surface area contributed by atoms with E-state index in [2.05, 4.69) is 9.05 Å². The van der Waals surface area contributed by atoms with E-state index in [0.29, 0.717) is 0 Å². The predicted molar refractivity (Wildman–Crippen MR) is 40.7 cm³/mol. The van der Waals surface area contributed by atoms with E-state index in [0.717, 1.165) is 14.2 Å². The van der Waals surface area contributed by atoms with Gasteiger partial charge in [0.1, 0.15) is 5.66 Å². The highest BCUT2D eigenvalue weighted by atomic mass is 31.2. The highest BCUT2D eigenvalue weighted by Gasteiger charge is 2.33. The Morgan fingerprint density at radius 2 is 1.92 bits per heavy atom. The van der Waals surface area contributed by atoms with E-state index < -0.39 is 19.2 Å². The van der Waals surface area contributed by atoms with Gasteiger partial charge in [-0.15, -0.1) is 0 Å². The number of carbonyl (C=O) groups excluding carboxylic acids is 1. The van der Waals surface area contributed by atoms with Crippen LogP contribution < -0.4 is 5.11 Å². The van der Waals surface area contributed by atoms with Crippen molar-refractivity contribution in [2.75, 3.05) is 14.2 Å². The van der Waals surface area contributed by atoms with E-state index in [1.165, 1.54) is 0 Å². The molecule has 0 aromatic heterocycles. The molecule has 0 bridgehead atoms. The van der Waals surface area contributed by atoms with Gasteiger partial charge in [-0.1, -0.05) is 6.92 Å². The number of carboxylic acid groups (broad SMARTS) is 1. The smallest absolute Gasteiger partial charge is 0.338 e. The van der Waals surface area contributed by atoms with Crippen molar-refractivity contribution in [1.82, 2.24) is 0 Å². The van der Waals surface area contributed by atoms with E-state index in [9.17, 15) is 14.5 Å². The number of aliphatic carboxylic acids is 1. The summed E-state index contributed by atoms with van der Waals surface area (Å²) < 4.78 is 20.5. The van der Waals surface area contributed by atoms with Gasteiger partial charge in [-0.05, 0) is 6.42 Å². The number of carbonyl (C=O) groups is 1. The standard InChI is InChI=1S/C6H13O5P/c1-4-5(6(7)8)12(9,10-2)11-3/h5H,4H2,1-3H3,(H,7,8)/p-1. The van der Waals surface area contributed by atoms with Gasteiger partial charge in [0.2, 0.25) is 0 Å². The van der Waals surface area contributed by atoms with Crippen LogP contribution in [0.25, 0.3) is 0 Å². The Bertz CT molecular complexity index is 194. The topological polar surface area (TPSA) is 75.7 Å². The Balaban J connectivity index is 4.68. The summed E-state index contributed by atoms with van der Waals surface area (Å²) in [5, 5.41) is 10.5. The molecule has 6 heteroatoms. The lowest BCUT2D eigenvalue weighted by molar-refractivity contribution is -0.305. The van der Waals surface area contributed by atoms with Crippen LogP contribution in [0.2, 0.25) is 0 Å². The maximum Gasteiger partial charge on any atom is 0.338 e. The molecule has 5 nitrogen and oxygen atoms in total. The van der Waals surface area contributed by atoms with Crippen LogP contribution in [0.1, 0.15) is 13.3 Å². The fourth-order valence-electron chi connectivity index (χ4n) is 0.848. The Hall–Kier alpha value is -0.380. The van der Waals surface area contributed by atoms with Gasteiger partial charge in [0, 0.05) is 14.2 Å². The van der Waals surface area contributed by atoms with Crippen molar-refractivity contribution in [3.05, 3.63) is 0 Å². The number of rotatable bonds is 5. The molecule has 0 heterocycles. The lowest BCUT2D eigenvalue weighted by atomic mass is 10.3. The lowest BCUT2D eigenvalue weighted by Crippen LogP contribution is -2.35. The normalized spacial score (nSPS) is 14.2. The molecule has 1 unspecified atom stereocenters. The van der Waals surface area contributed by atoms with E-state index >= 15 is 0 Å². The van der Waals surface area contributed by atoms with Crippen molar-refractivity contribution < 1.29 is 23.5 Å². The molecule has 1 atom stereocenters. The SMILES string of the molecule is CCC(C(=O)[O-])P(=O)(OC)OC. The minimum absolute atomic E-state index is 0.154. The zero-order chi connectivity index (χ0) is 9.78. The van der Waals surface area contributed by atoms with Gasteiger partial charge in [-0.2, -0.15) is 0 Å². The summed E-state index contributed by atoms with van der Waals surface area (Å²) >= 11 is 0. The molecule has 0 aromatic carbocycles. The Morgan fingerprint density at radius 3 is 2.00 bits per heavy atom. The molecule has 0 aromatic rings. The van der Waals surface area contributed by atoms with Gasteiger partial charge in [-0.25, -0.2) is 0 Å². The summed E-state index contributed by atoms with van der Waals surface area (Å²) in [6.07, 6.45) is 0.154. The molecule has 0 N–H and O–H groups in total. The molecule has 0 spiro atoms. The van der Waals surface area contributed by atoms with Gasteiger partial charge >= 0.3 is 7.60 Å². The van der Waals surface area contributed by atoms with Crippen molar-refractivity contribution in [2.24, 2.45) is 0 Å². The summed E-state index contributed by atoms with van der Waals surface area (Å²) in [5.74, 6) is -1.41. The second-order valence-electron chi connectivity index (χ2n) is 2.15. The molecule has 0 saturated carbocycles. The van der Waals surface area contributed by atoms with Gasteiger partial charge in [-0.3, -0.25) is 4.57 Å². The summed E-state index contributed by atoms with van der Waals surface area (Å²) in [7, 11) is -1.21. The molecule has 0 saturated heterocycles. The third kappa shape index (κ3) is 2.30. The predicted octanol–water partition coefficient (Wildman–Crippen LogP) is 0.000800. The average molecular weight is 195 g/mol. The zero-order valence-corrected chi connectivity index (χ0v) is 8.17. The van der Waals surface area contributed by atoms with Crippen LogP contribution in [0.4, 0.5) is 0 Å². The van der Waals surface area contributed by atoms with Crippen molar-refractivity contribution in [3.63, 3.8) is 0 Å². The summed E-state index contributed by atoms with van der Waals surface area (Å²) in [4.78, 5) is 10.5. The maximum atomic E-state index is 11.5. The minimum Gasteiger partial charge on any atom is -0.549 e. The largest absolute Gasteiger partial charge is 0.549 e. The second-order valence-corrected chi connectivity index (χ2v) is 4.58. The zero-order valence-electron chi connectivity index (χ0n) is 7.27. The number of hydrogen-bond donors (Lipinski definition) is 0. The van der Waals surface area contributed by atoms with Crippen molar-refractivity contribution in [1.29, 1.82) is 0 Å². The first-order chi connectivity index (χ1) is 5.51. The molecule has 0 rings (SSSR count). The van der Waals surface area contributed by atoms with Gasteiger partial charge in [0.05, 0.1) is 5.97 Å². The third-order valence-corrected chi connectivity index (χ3v) is 3.91. The van der Waals surface area contributed by atoms with Crippen LogP contribution in [-0.2, 0) is 18.4 Å². The fourth-order valence-corrected chi connectivity index (χ4v) is 2.21. The molecule has 0 amide bonds. The van der Waals surface area contributed by atoms with Crippen LogP contribution in [0.3, 0.4) is 0 Å². The quantitative estimate of drug-likeness (QED) is 0.577. The van der Waals surface area contributed by atoms with E-state index in [4.69, 9.17) is 0 Å². The highest BCUT2D eigenvalue weighted by molar-refractivity contribution is 7.55. The molecule has 0 aliphatic rings. The van der Waals surface area contributed by atoms with Crippen LogP contribution in [0.15, 0.2) is 0 Å². The fraction of sp³-hybridized carbons (Fsp3) is 0.833. The summed E-state index contributed by atoms with van der Waals surface area (Å²) in [5.41, 5.74) is -1.19. The summed E-state index contributed by atoms with van der Waals surface area (Å²) in [6.45, 7) is 1.57. The van der Waals surface area contributed by atoms with E-state index in [-0.39, 0.29) is 6.42 Å². The molecular weight excluding hydrogens is 183 g/mol.